The standard InChI is InChI=1S/C19H12Cl4O5S/c20-13-8-11(24)6-7-12(13)19(29(26,27)28,10-4-2-1-3-5-10)16-15(25)9-14(21)17(22)18(16)23/h1-9,24-25H,(H,26,27,28). The Kier molecular flexibility index (Phi) is 5.98. The molecule has 152 valence electrons. The van der Waals surface area contributed by atoms with E-state index < -0.39 is 26.2 Å². The Balaban J connectivity index is 2.65. The SMILES string of the molecule is O=S(=O)(O)C(c1ccccc1)(c1ccc(O)cc1Cl)c1c(O)cc(Cl)c(Cl)c1Cl. The molecule has 0 radical (unpaired) electrons. The van der Waals surface area contributed by atoms with E-state index in [1.54, 1.807) is 6.07 Å². The van der Waals surface area contributed by atoms with Crippen LogP contribution in [0.1, 0.15) is 16.7 Å². The van der Waals surface area contributed by atoms with Crippen molar-refractivity contribution in [1.82, 2.24) is 0 Å². The molecule has 5 nitrogen and oxygen atoms in total. The molecule has 0 amide bonds. The van der Waals surface area contributed by atoms with Crippen LogP contribution in [0.25, 0.3) is 0 Å². The van der Waals surface area contributed by atoms with Crippen molar-refractivity contribution in [3.05, 3.63) is 91.4 Å². The average molecular weight is 494 g/mol. The van der Waals surface area contributed by atoms with Crippen LogP contribution < -0.4 is 0 Å². The van der Waals surface area contributed by atoms with Gasteiger partial charge in [-0.05, 0) is 17.7 Å². The van der Waals surface area contributed by atoms with Crippen LogP contribution in [0, 0.1) is 0 Å². The summed E-state index contributed by atoms with van der Waals surface area (Å²) in [5.41, 5.74) is -0.582. The van der Waals surface area contributed by atoms with Crippen LogP contribution in [0.5, 0.6) is 11.5 Å². The number of hydrogen-bond donors (Lipinski definition) is 3. The molecule has 0 aliphatic rings. The van der Waals surface area contributed by atoms with Crippen LogP contribution >= 0.6 is 46.4 Å². The summed E-state index contributed by atoms with van der Waals surface area (Å²) in [4.78, 5) is 0. The van der Waals surface area contributed by atoms with Gasteiger partial charge < -0.3 is 10.2 Å². The molecule has 3 aromatic rings. The summed E-state index contributed by atoms with van der Waals surface area (Å²) in [7, 11) is -5.11. The van der Waals surface area contributed by atoms with Gasteiger partial charge in [-0.3, -0.25) is 4.55 Å². The lowest BCUT2D eigenvalue weighted by molar-refractivity contribution is 0.440. The highest BCUT2D eigenvalue weighted by Gasteiger charge is 2.52. The second-order valence-electron chi connectivity index (χ2n) is 6.07. The first-order chi connectivity index (χ1) is 13.5. The van der Waals surface area contributed by atoms with E-state index in [2.05, 4.69) is 0 Å². The Labute approximate surface area is 186 Å². The molecule has 0 fully saturated rings. The normalized spacial score (nSPS) is 13.8. The summed E-state index contributed by atoms with van der Waals surface area (Å²) in [6.45, 7) is 0. The van der Waals surface area contributed by atoms with Crippen molar-refractivity contribution in [2.24, 2.45) is 0 Å². The monoisotopic (exact) mass is 492 g/mol. The summed E-state index contributed by atoms with van der Waals surface area (Å²) in [5, 5.41) is 19.5. The molecule has 3 N–H and O–H groups in total. The van der Waals surface area contributed by atoms with E-state index in [-0.39, 0.29) is 37.0 Å². The van der Waals surface area contributed by atoms with Crippen molar-refractivity contribution in [1.29, 1.82) is 0 Å². The van der Waals surface area contributed by atoms with Gasteiger partial charge in [-0.2, -0.15) is 8.42 Å². The molecule has 3 rings (SSSR count). The van der Waals surface area contributed by atoms with E-state index in [4.69, 9.17) is 46.4 Å². The molecule has 3 aromatic carbocycles. The Bertz CT molecular complexity index is 1200. The first-order valence-electron chi connectivity index (χ1n) is 7.90. The minimum Gasteiger partial charge on any atom is -0.508 e. The predicted octanol–water partition coefficient (Wildman–Crippen LogP) is 5.89. The van der Waals surface area contributed by atoms with E-state index in [0.717, 1.165) is 12.1 Å². The molecule has 0 aliphatic carbocycles. The number of benzene rings is 3. The van der Waals surface area contributed by atoms with Crippen molar-refractivity contribution in [2.45, 2.75) is 4.75 Å². The lowest BCUT2D eigenvalue weighted by atomic mass is 9.83. The van der Waals surface area contributed by atoms with Crippen molar-refractivity contribution < 1.29 is 23.2 Å². The predicted molar refractivity (Wildman–Crippen MR) is 114 cm³/mol. The second kappa shape index (κ2) is 7.87. The lowest BCUT2D eigenvalue weighted by Gasteiger charge is -2.34. The molecule has 0 heterocycles. The zero-order valence-corrected chi connectivity index (χ0v) is 18.1. The summed E-state index contributed by atoms with van der Waals surface area (Å²) >= 11 is 24.7. The molecular weight excluding hydrogens is 482 g/mol. The number of halogens is 4. The van der Waals surface area contributed by atoms with Gasteiger partial charge in [0.15, 0.2) is 4.75 Å². The van der Waals surface area contributed by atoms with E-state index in [1.807, 2.05) is 0 Å². The van der Waals surface area contributed by atoms with E-state index in [1.165, 1.54) is 36.4 Å². The van der Waals surface area contributed by atoms with Crippen molar-refractivity contribution in [2.75, 3.05) is 0 Å². The van der Waals surface area contributed by atoms with E-state index in [9.17, 15) is 23.2 Å². The molecule has 0 aromatic heterocycles. The van der Waals surface area contributed by atoms with Crippen molar-refractivity contribution in [3.8, 4) is 11.5 Å². The van der Waals surface area contributed by atoms with Gasteiger partial charge >= 0.3 is 0 Å². The third-order valence-electron chi connectivity index (χ3n) is 4.39. The highest BCUT2D eigenvalue weighted by Crippen LogP contribution is 2.54. The highest BCUT2D eigenvalue weighted by molar-refractivity contribution is 7.87. The van der Waals surface area contributed by atoms with Gasteiger partial charge in [-0.25, -0.2) is 0 Å². The number of hydrogen-bond acceptors (Lipinski definition) is 4. The van der Waals surface area contributed by atoms with Gasteiger partial charge in [0.05, 0.1) is 15.1 Å². The molecule has 0 saturated carbocycles. The van der Waals surface area contributed by atoms with Crippen LogP contribution in [0.4, 0.5) is 0 Å². The van der Waals surface area contributed by atoms with Gasteiger partial charge in [0, 0.05) is 22.2 Å². The molecule has 1 atom stereocenters. The third-order valence-corrected chi connectivity index (χ3v) is 7.40. The molecular formula is C19H12Cl4O5S. The summed E-state index contributed by atoms with van der Waals surface area (Å²) < 4.78 is 34.0. The number of rotatable bonds is 4. The van der Waals surface area contributed by atoms with E-state index in [0.29, 0.717) is 0 Å². The Morgan fingerprint density at radius 3 is 1.97 bits per heavy atom. The Hall–Kier alpha value is -1.67. The maximum absolute atomic E-state index is 13.0. The summed E-state index contributed by atoms with van der Waals surface area (Å²) in [6.07, 6.45) is 0. The largest absolute Gasteiger partial charge is 0.508 e. The smallest absolute Gasteiger partial charge is 0.283 e. The molecule has 10 heteroatoms. The molecule has 0 aliphatic heterocycles. The highest BCUT2D eigenvalue weighted by atomic mass is 35.5. The summed E-state index contributed by atoms with van der Waals surface area (Å²) in [6, 6.07) is 12.0. The zero-order chi connectivity index (χ0) is 21.6. The number of aromatic hydroxyl groups is 2. The maximum atomic E-state index is 13.0. The molecule has 0 spiro atoms. The fourth-order valence-electron chi connectivity index (χ4n) is 3.23. The molecule has 29 heavy (non-hydrogen) atoms. The van der Waals surface area contributed by atoms with Crippen LogP contribution in [0.3, 0.4) is 0 Å². The van der Waals surface area contributed by atoms with Crippen LogP contribution in [-0.2, 0) is 14.9 Å². The average Bonchev–Trinajstić information content (AvgIpc) is 2.64. The fourth-order valence-corrected chi connectivity index (χ4v) is 5.75. The van der Waals surface area contributed by atoms with E-state index >= 15 is 0 Å². The van der Waals surface area contributed by atoms with Gasteiger partial charge in [0.1, 0.15) is 11.5 Å². The summed E-state index contributed by atoms with van der Waals surface area (Å²) in [5.74, 6) is -0.865. The number of phenolic OH excluding ortho intramolecular Hbond substituents is 2. The molecule has 0 saturated heterocycles. The van der Waals surface area contributed by atoms with Gasteiger partial charge in [-0.1, -0.05) is 82.8 Å². The van der Waals surface area contributed by atoms with Crippen LogP contribution in [0.2, 0.25) is 20.1 Å². The van der Waals surface area contributed by atoms with Crippen molar-refractivity contribution in [3.63, 3.8) is 0 Å². The minimum absolute atomic E-state index is 0.0191. The Morgan fingerprint density at radius 1 is 0.793 bits per heavy atom. The minimum atomic E-state index is -5.11. The Morgan fingerprint density at radius 2 is 1.41 bits per heavy atom. The van der Waals surface area contributed by atoms with Crippen LogP contribution in [0.15, 0.2) is 54.6 Å². The molecule has 1 unspecified atom stereocenters. The van der Waals surface area contributed by atoms with Gasteiger partial charge in [-0.15, -0.1) is 0 Å². The number of phenols is 2. The quantitative estimate of drug-likeness (QED) is 0.239. The zero-order valence-electron chi connectivity index (χ0n) is 14.3. The first kappa shape index (κ1) is 22.0. The van der Waals surface area contributed by atoms with Gasteiger partial charge in [0.25, 0.3) is 10.1 Å². The van der Waals surface area contributed by atoms with Crippen molar-refractivity contribution >= 4 is 56.5 Å². The lowest BCUT2D eigenvalue weighted by Crippen LogP contribution is -2.39. The second-order valence-corrected chi connectivity index (χ2v) is 9.20. The van der Waals surface area contributed by atoms with Crippen LogP contribution in [-0.4, -0.2) is 23.2 Å². The maximum Gasteiger partial charge on any atom is 0.283 e. The van der Waals surface area contributed by atoms with Gasteiger partial charge in [0.2, 0.25) is 0 Å². The fraction of sp³-hybridized carbons (Fsp3) is 0.0526. The topological polar surface area (TPSA) is 94.8 Å². The first-order valence-corrected chi connectivity index (χ1v) is 10.9. The third kappa shape index (κ3) is 3.54. The molecule has 0 bridgehead atoms.